The third-order valence-electron chi connectivity index (χ3n) is 5.33. The number of aromatic nitrogens is 2. The number of carbonyl (C=O) groups excluding carboxylic acids is 1. The van der Waals surface area contributed by atoms with E-state index in [4.69, 9.17) is 21.3 Å². The van der Waals surface area contributed by atoms with Gasteiger partial charge in [0.2, 0.25) is 0 Å². The van der Waals surface area contributed by atoms with Gasteiger partial charge in [-0.15, -0.1) is 0 Å². The minimum atomic E-state index is -0.0221. The number of fused-ring (bicyclic) bond motifs is 3. The Morgan fingerprint density at radius 3 is 2.61 bits per heavy atom. The van der Waals surface area contributed by atoms with Gasteiger partial charge < -0.3 is 10.1 Å². The molecule has 31 heavy (non-hydrogen) atoms. The van der Waals surface area contributed by atoms with Crippen LogP contribution >= 0.6 is 11.6 Å². The molecule has 2 aromatic carbocycles. The number of nitrogens with zero attached hydrogens (tertiary/aromatic N) is 2. The molecule has 5 rings (SSSR count). The van der Waals surface area contributed by atoms with Gasteiger partial charge in [0.25, 0.3) is 0 Å². The zero-order valence-corrected chi connectivity index (χ0v) is 17.5. The van der Waals surface area contributed by atoms with Crippen LogP contribution < -0.4 is 10.1 Å². The molecule has 0 spiro atoms. The lowest BCUT2D eigenvalue weighted by atomic mass is 10.1. The second-order valence-electron chi connectivity index (χ2n) is 7.22. The molecule has 0 bridgehead atoms. The number of anilines is 1. The van der Waals surface area contributed by atoms with Gasteiger partial charge in [-0.25, -0.2) is 4.98 Å². The van der Waals surface area contributed by atoms with E-state index in [-0.39, 0.29) is 5.78 Å². The molecule has 5 nitrogen and oxygen atoms in total. The molecule has 0 atom stereocenters. The van der Waals surface area contributed by atoms with Gasteiger partial charge in [-0.2, -0.15) is 0 Å². The van der Waals surface area contributed by atoms with Gasteiger partial charge in [0.05, 0.1) is 34.8 Å². The van der Waals surface area contributed by atoms with E-state index < -0.39 is 0 Å². The smallest absolute Gasteiger partial charge is 0.197 e. The zero-order valence-electron chi connectivity index (χ0n) is 16.7. The highest BCUT2D eigenvalue weighted by molar-refractivity contribution is 6.32. The number of benzene rings is 2. The van der Waals surface area contributed by atoms with Crippen LogP contribution in [-0.4, -0.2) is 22.9 Å². The summed E-state index contributed by atoms with van der Waals surface area (Å²) in [4.78, 5) is 22.2. The molecule has 1 aliphatic carbocycles. The van der Waals surface area contributed by atoms with Gasteiger partial charge in [0.15, 0.2) is 5.78 Å². The largest absolute Gasteiger partial charge is 0.495 e. The molecular formula is C25H18ClN3O2. The first-order valence-electron chi connectivity index (χ1n) is 9.81. The van der Waals surface area contributed by atoms with E-state index in [1.165, 1.54) is 0 Å². The van der Waals surface area contributed by atoms with Crippen LogP contribution in [0.2, 0.25) is 5.02 Å². The summed E-state index contributed by atoms with van der Waals surface area (Å²) in [6.07, 6.45) is 3.49. The summed E-state index contributed by atoms with van der Waals surface area (Å²) in [7, 11) is 1.59. The highest BCUT2D eigenvalue weighted by Gasteiger charge is 2.31. The van der Waals surface area contributed by atoms with Crippen molar-refractivity contribution in [3.8, 4) is 28.3 Å². The first-order valence-corrected chi connectivity index (χ1v) is 10.2. The van der Waals surface area contributed by atoms with E-state index in [1.54, 1.807) is 19.5 Å². The van der Waals surface area contributed by atoms with E-state index >= 15 is 0 Å². The van der Waals surface area contributed by atoms with Crippen molar-refractivity contribution in [2.75, 3.05) is 12.4 Å². The van der Waals surface area contributed by atoms with E-state index in [0.717, 1.165) is 28.1 Å². The Labute approximate surface area is 184 Å². The van der Waals surface area contributed by atoms with Crippen molar-refractivity contribution in [2.24, 2.45) is 0 Å². The number of hydrogen-bond donors (Lipinski definition) is 1. The van der Waals surface area contributed by atoms with Crippen LogP contribution in [0.3, 0.4) is 0 Å². The van der Waals surface area contributed by atoms with Crippen molar-refractivity contribution in [3.05, 3.63) is 94.8 Å². The monoisotopic (exact) mass is 427 g/mol. The highest BCUT2D eigenvalue weighted by Crippen LogP contribution is 2.41. The lowest BCUT2D eigenvalue weighted by Crippen LogP contribution is -2.07. The van der Waals surface area contributed by atoms with Crippen molar-refractivity contribution in [3.63, 3.8) is 0 Å². The fourth-order valence-electron chi connectivity index (χ4n) is 3.81. The molecule has 1 N–H and O–H groups in total. The Hall–Kier alpha value is -3.70. The van der Waals surface area contributed by atoms with Gasteiger partial charge in [0, 0.05) is 35.6 Å². The van der Waals surface area contributed by atoms with E-state index in [0.29, 0.717) is 34.1 Å². The van der Waals surface area contributed by atoms with Crippen molar-refractivity contribution in [1.82, 2.24) is 9.97 Å². The molecular weight excluding hydrogens is 410 g/mol. The molecule has 0 amide bonds. The second-order valence-corrected chi connectivity index (χ2v) is 7.62. The highest BCUT2D eigenvalue weighted by atomic mass is 35.5. The zero-order chi connectivity index (χ0) is 21.4. The second kappa shape index (κ2) is 7.85. The number of halogens is 1. The summed E-state index contributed by atoms with van der Waals surface area (Å²) in [5.41, 5.74) is 6.15. The van der Waals surface area contributed by atoms with Crippen LogP contribution in [0.4, 0.5) is 5.69 Å². The minimum absolute atomic E-state index is 0.0221. The Morgan fingerprint density at radius 1 is 1.03 bits per heavy atom. The van der Waals surface area contributed by atoms with Gasteiger partial charge in [0.1, 0.15) is 5.75 Å². The van der Waals surface area contributed by atoms with E-state index in [9.17, 15) is 4.79 Å². The average Bonchev–Trinajstić information content (AvgIpc) is 3.10. The quantitative estimate of drug-likeness (QED) is 0.394. The lowest BCUT2D eigenvalue weighted by molar-refractivity contribution is 0.104. The summed E-state index contributed by atoms with van der Waals surface area (Å²) in [6.45, 7) is 0.496. The molecule has 2 aromatic heterocycles. The van der Waals surface area contributed by atoms with Crippen LogP contribution in [0.25, 0.3) is 22.5 Å². The molecule has 2 heterocycles. The summed E-state index contributed by atoms with van der Waals surface area (Å²) in [5, 5.41) is 3.96. The number of hydrogen-bond acceptors (Lipinski definition) is 5. The van der Waals surface area contributed by atoms with Crippen LogP contribution in [0.1, 0.15) is 21.5 Å². The third-order valence-corrected chi connectivity index (χ3v) is 5.63. The van der Waals surface area contributed by atoms with Crippen molar-refractivity contribution >= 4 is 23.1 Å². The number of ketones is 1. The Bertz CT molecular complexity index is 1310. The maximum atomic E-state index is 13.2. The SMILES string of the molecule is COc1ccc(CNc2cc(-c3cccnc3)nc3c2C(=O)c2ccccc2-3)cc1Cl. The molecule has 0 radical (unpaired) electrons. The molecule has 1 aliphatic rings. The maximum absolute atomic E-state index is 13.2. The molecule has 0 fully saturated rings. The minimum Gasteiger partial charge on any atom is -0.495 e. The molecule has 0 saturated carbocycles. The van der Waals surface area contributed by atoms with Gasteiger partial charge in [-0.05, 0) is 35.9 Å². The molecule has 4 aromatic rings. The number of methoxy groups -OCH3 is 1. The van der Waals surface area contributed by atoms with Gasteiger partial charge in [-0.3, -0.25) is 9.78 Å². The summed E-state index contributed by atoms with van der Waals surface area (Å²) < 4.78 is 5.23. The summed E-state index contributed by atoms with van der Waals surface area (Å²) >= 11 is 6.27. The molecule has 0 saturated heterocycles. The lowest BCUT2D eigenvalue weighted by Gasteiger charge is -2.14. The fourth-order valence-corrected chi connectivity index (χ4v) is 4.09. The Kier molecular flexibility index (Phi) is 4.88. The summed E-state index contributed by atoms with van der Waals surface area (Å²) in [6, 6.07) is 18.9. The van der Waals surface area contributed by atoms with Crippen LogP contribution in [0.15, 0.2) is 73.1 Å². The number of rotatable bonds is 5. The fraction of sp³-hybridized carbons (Fsp3) is 0.0800. The maximum Gasteiger partial charge on any atom is 0.197 e. The number of nitrogens with one attached hydrogen (secondary N) is 1. The van der Waals surface area contributed by atoms with Gasteiger partial charge in [-0.1, -0.05) is 41.9 Å². The predicted octanol–water partition coefficient (Wildman–Crippen LogP) is 5.63. The molecule has 0 aliphatic heterocycles. The topological polar surface area (TPSA) is 64.1 Å². The first kappa shape index (κ1) is 19.3. The van der Waals surface area contributed by atoms with Crippen LogP contribution in [0.5, 0.6) is 5.75 Å². The standard InChI is InChI=1S/C25H18ClN3O2/c1-31-22-9-8-15(11-19(22)26)13-28-21-12-20(16-5-4-10-27-14-16)29-24-17-6-2-3-7-18(17)25(30)23(21)24/h2-12,14H,13H2,1H3,(H,28,29). The van der Waals surface area contributed by atoms with E-state index in [2.05, 4.69) is 10.3 Å². The third kappa shape index (κ3) is 3.43. The predicted molar refractivity (Wildman–Crippen MR) is 122 cm³/mol. The van der Waals surface area contributed by atoms with Crippen LogP contribution in [0, 0.1) is 0 Å². The van der Waals surface area contributed by atoms with E-state index in [1.807, 2.05) is 60.7 Å². The summed E-state index contributed by atoms with van der Waals surface area (Å²) in [5.74, 6) is 0.603. The Morgan fingerprint density at radius 2 is 1.87 bits per heavy atom. The first-order chi connectivity index (χ1) is 15.2. The number of ether oxygens (including phenoxy) is 1. The van der Waals surface area contributed by atoms with Crippen molar-refractivity contribution < 1.29 is 9.53 Å². The van der Waals surface area contributed by atoms with Crippen molar-refractivity contribution in [1.29, 1.82) is 0 Å². The molecule has 0 unspecified atom stereocenters. The average molecular weight is 428 g/mol. The normalized spacial score (nSPS) is 11.7. The van der Waals surface area contributed by atoms with Gasteiger partial charge >= 0.3 is 0 Å². The van der Waals surface area contributed by atoms with Crippen molar-refractivity contribution in [2.45, 2.75) is 6.54 Å². The Balaban J connectivity index is 1.58. The molecule has 6 heteroatoms. The van der Waals surface area contributed by atoms with Crippen LogP contribution in [-0.2, 0) is 6.54 Å². The number of pyridine rings is 2. The molecule has 152 valence electrons. The number of carbonyl (C=O) groups is 1.